The number of hydrogen-bond acceptors (Lipinski definition) is 5. The SMILES string of the molecule is CNc1nccc(Sc2ccc(C(F)(F)F)cn2)n1. The molecule has 0 bridgehead atoms. The van der Waals surface area contributed by atoms with Gasteiger partial charge in [-0.3, -0.25) is 0 Å². The van der Waals surface area contributed by atoms with E-state index < -0.39 is 11.7 Å². The van der Waals surface area contributed by atoms with Crippen LogP contribution in [0, 0.1) is 0 Å². The third kappa shape index (κ3) is 3.57. The standard InChI is InChI=1S/C11H9F3N4S/c1-15-10-16-5-4-9(18-10)19-8-3-2-7(6-17-8)11(12,13)14/h2-6H,1H3,(H,15,16,18). The highest BCUT2D eigenvalue weighted by molar-refractivity contribution is 7.99. The van der Waals surface area contributed by atoms with Gasteiger partial charge in [0.25, 0.3) is 0 Å². The lowest BCUT2D eigenvalue weighted by molar-refractivity contribution is -0.137. The molecule has 0 aliphatic heterocycles. The molecule has 0 fully saturated rings. The van der Waals surface area contributed by atoms with E-state index in [1.807, 2.05) is 0 Å². The number of alkyl halides is 3. The van der Waals surface area contributed by atoms with Crippen LogP contribution in [0.5, 0.6) is 0 Å². The normalized spacial score (nSPS) is 11.4. The average molecular weight is 286 g/mol. The second kappa shape index (κ2) is 5.43. The summed E-state index contributed by atoms with van der Waals surface area (Å²) in [7, 11) is 1.68. The van der Waals surface area contributed by atoms with Gasteiger partial charge in [-0.15, -0.1) is 0 Å². The maximum atomic E-state index is 12.4. The number of nitrogens with one attached hydrogen (secondary N) is 1. The molecule has 0 saturated carbocycles. The van der Waals surface area contributed by atoms with Crippen molar-refractivity contribution in [2.24, 2.45) is 0 Å². The summed E-state index contributed by atoms with van der Waals surface area (Å²) in [6.07, 6.45) is -2.00. The minimum absolute atomic E-state index is 0.439. The molecule has 4 nitrogen and oxygen atoms in total. The van der Waals surface area contributed by atoms with Crippen LogP contribution in [-0.4, -0.2) is 22.0 Å². The molecular formula is C11H9F3N4S. The first-order valence-electron chi connectivity index (χ1n) is 5.21. The Labute approximate surface area is 111 Å². The van der Waals surface area contributed by atoms with E-state index in [0.29, 0.717) is 16.0 Å². The predicted octanol–water partition coefficient (Wildman–Crippen LogP) is 3.08. The summed E-state index contributed by atoms with van der Waals surface area (Å²) < 4.78 is 37.1. The summed E-state index contributed by atoms with van der Waals surface area (Å²) in [5.41, 5.74) is -0.768. The topological polar surface area (TPSA) is 50.7 Å². The van der Waals surface area contributed by atoms with E-state index in [9.17, 15) is 13.2 Å². The van der Waals surface area contributed by atoms with Crippen molar-refractivity contribution >= 4 is 17.7 Å². The third-order valence-electron chi connectivity index (χ3n) is 2.13. The van der Waals surface area contributed by atoms with Gasteiger partial charge in [-0.25, -0.2) is 15.0 Å². The van der Waals surface area contributed by atoms with Crippen LogP contribution >= 0.6 is 11.8 Å². The van der Waals surface area contributed by atoms with E-state index in [4.69, 9.17) is 0 Å². The van der Waals surface area contributed by atoms with Crippen molar-refractivity contribution < 1.29 is 13.2 Å². The molecule has 2 aromatic heterocycles. The highest BCUT2D eigenvalue weighted by atomic mass is 32.2. The van der Waals surface area contributed by atoms with Crippen molar-refractivity contribution in [2.75, 3.05) is 12.4 Å². The molecular weight excluding hydrogens is 277 g/mol. The van der Waals surface area contributed by atoms with Crippen LogP contribution in [0.4, 0.5) is 19.1 Å². The average Bonchev–Trinajstić information content (AvgIpc) is 2.38. The number of aromatic nitrogens is 3. The molecule has 0 aromatic carbocycles. The van der Waals surface area contributed by atoms with Gasteiger partial charge in [-0.05, 0) is 30.0 Å². The van der Waals surface area contributed by atoms with Crippen molar-refractivity contribution in [2.45, 2.75) is 16.2 Å². The Bertz CT molecular complexity index is 557. The Morgan fingerprint density at radius 2 is 1.89 bits per heavy atom. The quantitative estimate of drug-likeness (QED) is 0.879. The predicted molar refractivity (Wildman–Crippen MR) is 64.9 cm³/mol. The fourth-order valence-electron chi connectivity index (χ4n) is 1.23. The lowest BCUT2D eigenvalue weighted by Gasteiger charge is -2.06. The van der Waals surface area contributed by atoms with E-state index in [1.54, 1.807) is 19.3 Å². The molecule has 0 aliphatic rings. The van der Waals surface area contributed by atoms with Crippen molar-refractivity contribution in [1.82, 2.24) is 15.0 Å². The van der Waals surface area contributed by atoms with E-state index >= 15 is 0 Å². The molecule has 0 atom stereocenters. The Balaban J connectivity index is 2.15. The van der Waals surface area contributed by atoms with Crippen molar-refractivity contribution in [3.05, 3.63) is 36.2 Å². The van der Waals surface area contributed by atoms with Crippen LogP contribution in [0.15, 0.2) is 40.6 Å². The lowest BCUT2D eigenvalue weighted by atomic mass is 10.3. The molecule has 8 heteroatoms. The molecule has 2 heterocycles. The number of rotatable bonds is 3. The molecule has 0 amide bonds. The number of pyridine rings is 1. The Morgan fingerprint density at radius 1 is 1.11 bits per heavy atom. The maximum Gasteiger partial charge on any atom is 0.417 e. The molecule has 0 radical (unpaired) electrons. The second-order valence-corrected chi connectivity index (χ2v) is 4.49. The smallest absolute Gasteiger partial charge is 0.357 e. The lowest BCUT2D eigenvalue weighted by Crippen LogP contribution is -2.05. The minimum Gasteiger partial charge on any atom is -0.357 e. The summed E-state index contributed by atoms with van der Waals surface area (Å²) in [4.78, 5) is 11.8. The van der Waals surface area contributed by atoms with Crippen molar-refractivity contribution in [3.8, 4) is 0 Å². The molecule has 0 saturated heterocycles. The van der Waals surface area contributed by atoms with E-state index in [1.165, 1.54) is 17.8 Å². The number of nitrogens with zero attached hydrogens (tertiary/aromatic N) is 3. The first-order valence-corrected chi connectivity index (χ1v) is 6.02. The van der Waals surface area contributed by atoms with Gasteiger partial charge >= 0.3 is 6.18 Å². The van der Waals surface area contributed by atoms with Gasteiger partial charge in [0, 0.05) is 19.4 Å². The van der Waals surface area contributed by atoms with Crippen LogP contribution in [0.3, 0.4) is 0 Å². The zero-order valence-corrected chi connectivity index (χ0v) is 10.6. The number of hydrogen-bond donors (Lipinski definition) is 1. The molecule has 0 spiro atoms. The Morgan fingerprint density at radius 3 is 2.47 bits per heavy atom. The van der Waals surface area contributed by atoms with Gasteiger partial charge in [0.15, 0.2) is 0 Å². The van der Waals surface area contributed by atoms with Gasteiger partial charge in [-0.1, -0.05) is 0 Å². The second-order valence-electron chi connectivity index (χ2n) is 3.45. The summed E-state index contributed by atoms with van der Waals surface area (Å²) in [6, 6.07) is 3.97. The summed E-state index contributed by atoms with van der Waals surface area (Å²) in [6.45, 7) is 0. The van der Waals surface area contributed by atoms with Crippen LogP contribution in [-0.2, 0) is 6.18 Å². The number of halogens is 3. The van der Waals surface area contributed by atoms with Gasteiger partial charge in [0.05, 0.1) is 5.56 Å². The number of anilines is 1. The largest absolute Gasteiger partial charge is 0.417 e. The zero-order chi connectivity index (χ0) is 13.9. The van der Waals surface area contributed by atoms with E-state index in [-0.39, 0.29) is 0 Å². The fourth-order valence-corrected chi connectivity index (χ4v) is 1.95. The van der Waals surface area contributed by atoms with Crippen LogP contribution in [0.25, 0.3) is 0 Å². The summed E-state index contributed by atoms with van der Waals surface area (Å²) in [5, 5.41) is 3.82. The van der Waals surface area contributed by atoms with Crippen molar-refractivity contribution in [3.63, 3.8) is 0 Å². The first-order chi connectivity index (χ1) is 8.99. The molecule has 2 aromatic rings. The van der Waals surface area contributed by atoms with Crippen molar-refractivity contribution in [1.29, 1.82) is 0 Å². The first kappa shape index (κ1) is 13.6. The summed E-state index contributed by atoms with van der Waals surface area (Å²) in [5.74, 6) is 0.442. The van der Waals surface area contributed by atoms with Crippen LogP contribution in [0.1, 0.15) is 5.56 Å². The Kier molecular flexibility index (Phi) is 3.89. The highest BCUT2D eigenvalue weighted by Crippen LogP contribution is 2.30. The van der Waals surface area contributed by atoms with Gasteiger partial charge in [0.1, 0.15) is 10.1 Å². The molecule has 1 N–H and O–H groups in total. The fraction of sp³-hybridized carbons (Fsp3) is 0.182. The van der Waals surface area contributed by atoms with Gasteiger partial charge in [-0.2, -0.15) is 13.2 Å². The maximum absolute atomic E-state index is 12.4. The monoisotopic (exact) mass is 286 g/mol. The minimum atomic E-state index is -4.37. The molecule has 0 unspecified atom stereocenters. The zero-order valence-electron chi connectivity index (χ0n) is 9.77. The van der Waals surface area contributed by atoms with Gasteiger partial charge < -0.3 is 5.32 Å². The van der Waals surface area contributed by atoms with E-state index in [2.05, 4.69) is 20.3 Å². The molecule has 19 heavy (non-hydrogen) atoms. The Hall–Kier alpha value is -1.83. The van der Waals surface area contributed by atoms with Crippen LogP contribution in [0.2, 0.25) is 0 Å². The van der Waals surface area contributed by atoms with E-state index in [0.717, 1.165) is 12.3 Å². The molecule has 2 rings (SSSR count). The molecule has 0 aliphatic carbocycles. The summed E-state index contributed by atoms with van der Waals surface area (Å²) >= 11 is 1.17. The molecule has 100 valence electrons. The van der Waals surface area contributed by atoms with Gasteiger partial charge in [0.2, 0.25) is 5.95 Å². The third-order valence-corrected chi connectivity index (χ3v) is 3.01. The van der Waals surface area contributed by atoms with Crippen LogP contribution < -0.4 is 5.32 Å². The highest BCUT2D eigenvalue weighted by Gasteiger charge is 2.30.